The first-order chi connectivity index (χ1) is 6.88. The Bertz CT molecular complexity index is 311. The number of rotatable bonds is 2. The Balaban J connectivity index is 2.07. The average Bonchev–Trinajstić information content (AvgIpc) is 2.30. The highest BCUT2D eigenvalue weighted by Gasteiger charge is 2.21. The molecule has 14 heavy (non-hydrogen) atoms. The van der Waals surface area contributed by atoms with E-state index < -0.39 is 10.8 Å². The second-order valence-corrected chi connectivity index (χ2v) is 4.97. The van der Waals surface area contributed by atoms with E-state index >= 15 is 0 Å². The third kappa shape index (κ3) is 2.16. The highest BCUT2D eigenvalue weighted by Crippen LogP contribution is 2.15. The fraction of sp³-hybridized carbons (Fsp3) is 0.556. The third-order valence-electron chi connectivity index (χ3n) is 2.33. The van der Waals surface area contributed by atoms with Crippen LogP contribution in [0.2, 0.25) is 0 Å². The van der Waals surface area contributed by atoms with Crippen molar-refractivity contribution in [3.05, 3.63) is 18.6 Å². The molecule has 0 radical (unpaired) electrons. The van der Waals surface area contributed by atoms with Gasteiger partial charge in [0.25, 0.3) is 0 Å². The van der Waals surface area contributed by atoms with E-state index in [1.54, 1.807) is 18.6 Å². The fourth-order valence-electron chi connectivity index (χ4n) is 1.57. The third-order valence-corrected chi connectivity index (χ3v) is 4.03. The SMILES string of the molecule is O=[S@@](c1cnccn1)C1CCNCC1. The summed E-state index contributed by atoms with van der Waals surface area (Å²) in [5.74, 6) is 0. The quantitative estimate of drug-likeness (QED) is 0.766. The average molecular weight is 211 g/mol. The molecule has 1 aromatic heterocycles. The summed E-state index contributed by atoms with van der Waals surface area (Å²) in [4.78, 5) is 8.00. The van der Waals surface area contributed by atoms with Gasteiger partial charge in [-0.25, -0.2) is 4.98 Å². The van der Waals surface area contributed by atoms with Crippen molar-refractivity contribution in [1.82, 2.24) is 15.3 Å². The first-order valence-corrected chi connectivity index (χ1v) is 5.96. The molecular weight excluding hydrogens is 198 g/mol. The van der Waals surface area contributed by atoms with Crippen molar-refractivity contribution in [2.45, 2.75) is 23.1 Å². The lowest BCUT2D eigenvalue weighted by Crippen LogP contribution is -2.33. The summed E-state index contributed by atoms with van der Waals surface area (Å²) in [5, 5.41) is 4.10. The van der Waals surface area contributed by atoms with Crippen LogP contribution in [0.3, 0.4) is 0 Å². The summed E-state index contributed by atoms with van der Waals surface area (Å²) in [6.07, 6.45) is 6.71. The monoisotopic (exact) mass is 211 g/mol. The highest BCUT2D eigenvalue weighted by molar-refractivity contribution is 7.85. The molecule has 5 heteroatoms. The van der Waals surface area contributed by atoms with E-state index in [1.807, 2.05) is 0 Å². The van der Waals surface area contributed by atoms with Crippen LogP contribution in [0.4, 0.5) is 0 Å². The topological polar surface area (TPSA) is 54.9 Å². The Labute approximate surface area is 85.6 Å². The molecule has 0 amide bonds. The molecule has 2 rings (SSSR count). The van der Waals surface area contributed by atoms with E-state index in [2.05, 4.69) is 15.3 Å². The molecule has 2 heterocycles. The number of aromatic nitrogens is 2. The zero-order valence-electron chi connectivity index (χ0n) is 7.85. The Hall–Kier alpha value is -0.810. The molecule has 0 saturated carbocycles. The van der Waals surface area contributed by atoms with Gasteiger partial charge in [-0.3, -0.25) is 9.19 Å². The van der Waals surface area contributed by atoms with Crippen LogP contribution in [-0.4, -0.2) is 32.5 Å². The number of hydrogen-bond acceptors (Lipinski definition) is 4. The molecule has 1 atom stereocenters. The van der Waals surface area contributed by atoms with Crippen molar-refractivity contribution in [1.29, 1.82) is 0 Å². The zero-order valence-corrected chi connectivity index (χ0v) is 8.67. The minimum Gasteiger partial charge on any atom is -0.317 e. The van der Waals surface area contributed by atoms with Crippen LogP contribution in [0.1, 0.15) is 12.8 Å². The van der Waals surface area contributed by atoms with Crippen LogP contribution in [-0.2, 0) is 10.8 Å². The smallest absolute Gasteiger partial charge is 0.145 e. The Morgan fingerprint density at radius 3 is 2.79 bits per heavy atom. The van der Waals surface area contributed by atoms with Crippen molar-refractivity contribution < 1.29 is 4.21 Å². The van der Waals surface area contributed by atoms with E-state index in [0.717, 1.165) is 25.9 Å². The molecule has 76 valence electrons. The predicted molar refractivity (Wildman–Crippen MR) is 54.3 cm³/mol. The van der Waals surface area contributed by atoms with Crippen molar-refractivity contribution in [2.24, 2.45) is 0 Å². The van der Waals surface area contributed by atoms with Crippen LogP contribution in [0.15, 0.2) is 23.6 Å². The molecule has 0 unspecified atom stereocenters. The molecule has 0 bridgehead atoms. The van der Waals surface area contributed by atoms with Gasteiger partial charge in [0.15, 0.2) is 0 Å². The summed E-state index contributed by atoms with van der Waals surface area (Å²) < 4.78 is 12.0. The minimum atomic E-state index is -0.983. The van der Waals surface area contributed by atoms with Crippen molar-refractivity contribution in [3.63, 3.8) is 0 Å². The number of piperidine rings is 1. The minimum absolute atomic E-state index is 0.243. The number of hydrogen-bond donors (Lipinski definition) is 1. The summed E-state index contributed by atoms with van der Waals surface area (Å²) >= 11 is 0. The van der Waals surface area contributed by atoms with Gasteiger partial charge in [0.2, 0.25) is 0 Å². The predicted octanol–water partition coefficient (Wildman–Crippen LogP) is 0.336. The van der Waals surface area contributed by atoms with Gasteiger partial charge >= 0.3 is 0 Å². The molecule has 1 aliphatic heterocycles. The Kier molecular flexibility index (Phi) is 3.21. The summed E-state index contributed by atoms with van der Waals surface area (Å²) in [5.41, 5.74) is 0. The highest BCUT2D eigenvalue weighted by atomic mass is 32.2. The van der Waals surface area contributed by atoms with Gasteiger partial charge in [0.1, 0.15) is 5.03 Å². The second-order valence-electron chi connectivity index (χ2n) is 3.29. The molecule has 0 spiro atoms. The molecule has 1 fully saturated rings. The maximum atomic E-state index is 12.0. The summed E-state index contributed by atoms with van der Waals surface area (Å²) in [7, 11) is -0.983. The molecule has 0 aromatic carbocycles. The summed E-state index contributed by atoms with van der Waals surface area (Å²) in [6.45, 7) is 1.91. The van der Waals surface area contributed by atoms with E-state index in [4.69, 9.17) is 0 Å². The normalized spacial score (nSPS) is 20.6. The van der Waals surface area contributed by atoms with Gasteiger partial charge in [-0.15, -0.1) is 0 Å². The van der Waals surface area contributed by atoms with E-state index in [0.29, 0.717) is 5.03 Å². The zero-order chi connectivity index (χ0) is 9.80. The van der Waals surface area contributed by atoms with Crippen LogP contribution >= 0.6 is 0 Å². The standard InChI is InChI=1S/C9H13N3OS/c13-14(8-1-3-10-4-2-8)9-7-11-5-6-12-9/h5-8,10H,1-4H2/t14-/m1/s1. The molecule has 4 nitrogen and oxygen atoms in total. The van der Waals surface area contributed by atoms with E-state index in [-0.39, 0.29) is 5.25 Å². The molecule has 0 aliphatic carbocycles. The maximum absolute atomic E-state index is 12.0. The lowest BCUT2D eigenvalue weighted by molar-refractivity contribution is 0.518. The molecule has 1 aromatic rings. The van der Waals surface area contributed by atoms with Gasteiger partial charge in [-0.2, -0.15) is 0 Å². The Morgan fingerprint density at radius 1 is 1.36 bits per heavy atom. The molecule has 1 N–H and O–H groups in total. The van der Waals surface area contributed by atoms with Gasteiger partial charge in [-0.05, 0) is 25.9 Å². The summed E-state index contributed by atoms with van der Waals surface area (Å²) in [6, 6.07) is 0. The van der Waals surface area contributed by atoms with Crippen LogP contribution in [0.25, 0.3) is 0 Å². The van der Waals surface area contributed by atoms with Crippen molar-refractivity contribution in [3.8, 4) is 0 Å². The molecule has 1 aliphatic rings. The van der Waals surface area contributed by atoms with Gasteiger partial charge in [0, 0.05) is 17.6 Å². The molecule has 1 saturated heterocycles. The molecular formula is C9H13N3OS. The van der Waals surface area contributed by atoms with Crippen LogP contribution < -0.4 is 5.32 Å². The van der Waals surface area contributed by atoms with Crippen LogP contribution in [0, 0.1) is 0 Å². The van der Waals surface area contributed by atoms with Crippen molar-refractivity contribution in [2.75, 3.05) is 13.1 Å². The Morgan fingerprint density at radius 2 is 2.14 bits per heavy atom. The maximum Gasteiger partial charge on any atom is 0.145 e. The van der Waals surface area contributed by atoms with Gasteiger partial charge < -0.3 is 5.32 Å². The largest absolute Gasteiger partial charge is 0.317 e. The fourth-order valence-corrected chi connectivity index (χ4v) is 2.90. The first kappa shape index (κ1) is 9.73. The lowest BCUT2D eigenvalue weighted by atomic mass is 10.2. The van der Waals surface area contributed by atoms with Gasteiger partial charge in [0.05, 0.1) is 17.0 Å². The van der Waals surface area contributed by atoms with Gasteiger partial charge in [-0.1, -0.05) is 0 Å². The second kappa shape index (κ2) is 4.61. The number of nitrogens with zero attached hydrogens (tertiary/aromatic N) is 2. The number of nitrogens with one attached hydrogen (secondary N) is 1. The van der Waals surface area contributed by atoms with Crippen molar-refractivity contribution >= 4 is 10.8 Å². The van der Waals surface area contributed by atoms with E-state index in [9.17, 15) is 4.21 Å². The lowest BCUT2D eigenvalue weighted by Gasteiger charge is -2.21. The van der Waals surface area contributed by atoms with Crippen LogP contribution in [0.5, 0.6) is 0 Å². The van der Waals surface area contributed by atoms with E-state index in [1.165, 1.54) is 0 Å². The first-order valence-electron chi connectivity index (χ1n) is 4.75.